The maximum atomic E-state index is 11.8. The van der Waals surface area contributed by atoms with Crippen molar-refractivity contribution in [1.29, 1.82) is 0 Å². The van der Waals surface area contributed by atoms with Crippen molar-refractivity contribution in [1.82, 2.24) is 10.2 Å². The van der Waals surface area contributed by atoms with Crippen molar-refractivity contribution in [3.63, 3.8) is 0 Å². The first-order valence-electron chi connectivity index (χ1n) is 7.82. The molecule has 1 saturated carbocycles. The van der Waals surface area contributed by atoms with Crippen LogP contribution in [0.5, 0.6) is 0 Å². The number of hydrogen-bond donors (Lipinski definition) is 2. The lowest BCUT2D eigenvalue weighted by Gasteiger charge is -2.34. The van der Waals surface area contributed by atoms with Crippen molar-refractivity contribution in [2.75, 3.05) is 20.1 Å². The van der Waals surface area contributed by atoms with Gasteiger partial charge in [0.25, 0.3) is 0 Å². The number of carboxylic acid groups (broad SMARTS) is 1. The van der Waals surface area contributed by atoms with E-state index in [1.54, 1.807) is 0 Å². The minimum absolute atomic E-state index is 0.405. The summed E-state index contributed by atoms with van der Waals surface area (Å²) in [5.41, 5.74) is -0.681. The molecular formula is C15H28N2O2. The van der Waals surface area contributed by atoms with E-state index in [9.17, 15) is 9.90 Å². The molecule has 2 aliphatic rings. The van der Waals surface area contributed by atoms with Gasteiger partial charge in [-0.3, -0.25) is 10.1 Å². The van der Waals surface area contributed by atoms with Crippen LogP contribution in [0.3, 0.4) is 0 Å². The Morgan fingerprint density at radius 2 is 1.79 bits per heavy atom. The maximum Gasteiger partial charge on any atom is 0.323 e. The van der Waals surface area contributed by atoms with Gasteiger partial charge in [0.2, 0.25) is 0 Å². The summed E-state index contributed by atoms with van der Waals surface area (Å²) in [7, 11) is 2.09. The molecule has 0 aromatic heterocycles. The Morgan fingerprint density at radius 3 is 2.42 bits per heavy atom. The van der Waals surface area contributed by atoms with Crippen LogP contribution in [0.25, 0.3) is 0 Å². The van der Waals surface area contributed by atoms with E-state index < -0.39 is 11.5 Å². The van der Waals surface area contributed by atoms with Crippen LogP contribution in [0.4, 0.5) is 0 Å². The van der Waals surface area contributed by atoms with Crippen molar-refractivity contribution in [2.45, 2.75) is 69.4 Å². The van der Waals surface area contributed by atoms with Gasteiger partial charge in [0, 0.05) is 12.6 Å². The van der Waals surface area contributed by atoms with Gasteiger partial charge in [-0.05, 0) is 45.7 Å². The number of nitrogens with zero attached hydrogens (tertiary/aromatic N) is 1. The lowest BCUT2D eigenvalue weighted by molar-refractivity contribution is -0.146. The lowest BCUT2D eigenvalue weighted by Crippen LogP contribution is -2.56. The van der Waals surface area contributed by atoms with Crippen LogP contribution in [0.1, 0.15) is 57.8 Å². The fourth-order valence-corrected chi connectivity index (χ4v) is 3.50. The van der Waals surface area contributed by atoms with Crippen LogP contribution in [-0.2, 0) is 4.79 Å². The fourth-order valence-electron chi connectivity index (χ4n) is 3.50. The molecular weight excluding hydrogens is 240 g/mol. The number of rotatable bonds is 3. The van der Waals surface area contributed by atoms with Crippen LogP contribution in [0.2, 0.25) is 0 Å². The summed E-state index contributed by atoms with van der Waals surface area (Å²) in [5, 5.41) is 13.3. The molecule has 110 valence electrons. The van der Waals surface area contributed by atoms with E-state index in [-0.39, 0.29) is 0 Å². The van der Waals surface area contributed by atoms with Crippen LogP contribution in [-0.4, -0.2) is 47.7 Å². The molecule has 1 atom stereocenters. The topological polar surface area (TPSA) is 52.6 Å². The van der Waals surface area contributed by atoms with E-state index in [4.69, 9.17) is 0 Å². The van der Waals surface area contributed by atoms with Crippen molar-refractivity contribution in [3.05, 3.63) is 0 Å². The number of carboxylic acids is 1. The molecule has 2 fully saturated rings. The smallest absolute Gasteiger partial charge is 0.323 e. The molecule has 0 bridgehead atoms. The number of aliphatic carboxylic acids is 1. The molecule has 2 rings (SSSR count). The normalized spacial score (nSPS) is 31.6. The van der Waals surface area contributed by atoms with Gasteiger partial charge in [0.1, 0.15) is 5.54 Å². The first kappa shape index (κ1) is 14.8. The van der Waals surface area contributed by atoms with Gasteiger partial charge in [0.15, 0.2) is 0 Å². The molecule has 0 spiro atoms. The summed E-state index contributed by atoms with van der Waals surface area (Å²) in [6.07, 6.45) is 9.86. The first-order valence-corrected chi connectivity index (χ1v) is 7.82. The molecule has 1 saturated heterocycles. The zero-order valence-corrected chi connectivity index (χ0v) is 12.2. The van der Waals surface area contributed by atoms with Crippen LogP contribution in [0, 0.1) is 0 Å². The molecule has 1 heterocycles. The van der Waals surface area contributed by atoms with Crippen molar-refractivity contribution >= 4 is 5.97 Å². The van der Waals surface area contributed by atoms with Gasteiger partial charge in [-0.1, -0.05) is 25.7 Å². The minimum atomic E-state index is -0.681. The zero-order chi connectivity index (χ0) is 13.7. The van der Waals surface area contributed by atoms with Crippen LogP contribution >= 0.6 is 0 Å². The van der Waals surface area contributed by atoms with Gasteiger partial charge >= 0.3 is 5.97 Å². The molecule has 0 aromatic rings. The van der Waals surface area contributed by atoms with E-state index in [1.807, 2.05) is 0 Å². The van der Waals surface area contributed by atoms with Crippen LogP contribution < -0.4 is 5.32 Å². The van der Waals surface area contributed by atoms with Crippen molar-refractivity contribution in [2.24, 2.45) is 0 Å². The molecule has 0 aromatic carbocycles. The summed E-state index contributed by atoms with van der Waals surface area (Å²) in [6.45, 7) is 1.90. The number of carbonyl (C=O) groups is 1. The highest BCUT2D eigenvalue weighted by Crippen LogP contribution is 2.26. The predicted molar refractivity (Wildman–Crippen MR) is 76.3 cm³/mol. The third kappa shape index (κ3) is 3.93. The highest BCUT2D eigenvalue weighted by molar-refractivity contribution is 5.79. The maximum absolute atomic E-state index is 11.8. The SMILES string of the molecule is CN1CCCC(NC2CCCCCC2)(C(=O)O)CC1. The van der Waals surface area contributed by atoms with Gasteiger partial charge in [-0.15, -0.1) is 0 Å². The van der Waals surface area contributed by atoms with E-state index in [0.29, 0.717) is 6.04 Å². The highest BCUT2D eigenvalue weighted by Gasteiger charge is 2.40. The Balaban J connectivity index is 2.03. The number of likely N-dealkylation sites (tertiary alicyclic amines) is 1. The van der Waals surface area contributed by atoms with Gasteiger partial charge < -0.3 is 10.0 Å². The molecule has 0 radical (unpaired) electrons. The van der Waals surface area contributed by atoms with E-state index in [2.05, 4.69) is 17.3 Å². The second-order valence-corrected chi connectivity index (χ2v) is 6.38. The number of hydrogen-bond acceptors (Lipinski definition) is 3. The Labute approximate surface area is 116 Å². The quantitative estimate of drug-likeness (QED) is 0.771. The predicted octanol–water partition coefficient (Wildman–Crippen LogP) is 2.24. The minimum Gasteiger partial charge on any atom is -0.480 e. The van der Waals surface area contributed by atoms with Crippen LogP contribution in [0.15, 0.2) is 0 Å². The van der Waals surface area contributed by atoms with E-state index in [1.165, 1.54) is 25.7 Å². The molecule has 2 N–H and O–H groups in total. The standard InChI is InChI=1S/C15H28N2O2/c1-17-11-6-9-15(10-12-17,14(18)19)16-13-7-4-2-3-5-8-13/h13,16H,2-12H2,1H3,(H,18,19). The molecule has 4 heteroatoms. The second kappa shape index (κ2) is 6.71. The summed E-state index contributed by atoms with van der Waals surface area (Å²) in [5.74, 6) is -0.646. The van der Waals surface area contributed by atoms with Gasteiger partial charge in [-0.2, -0.15) is 0 Å². The zero-order valence-electron chi connectivity index (χ0n) is 12.2. The van der Waals surface area contributed by atoms with Gasteiger partial charge in [-0.25, -0.2) is 0 Å². The van der Waals surface area contributed by atoms with E-state index in [0.717, 1.165) is 45.2 Å². The monoisotopic (exact) mass is 268 g/mol. The molecule has 1 aliphatic carbocycles. The third-order valence-electron chi connectivity index (χ3n) is 4.81. The summed E-state index contributed by atoms with van der Waals surface area (Å²) in [4.78, 5) is 14.1. The largest absolute Gasteiger partial charge is 0.480 e. The molecule has 1 unspecified atom stereocenters. The Hall–Kier alpha value is -0.610. The molecule has 0 amide bonds. The molecule has 19 heavy (non-hydrogen) atoms. The average molecular weight is 268 g/mol. The lowest BCUT2D eigenvalue weighted by atomic mass is 9.88. The van der Waals surface area contributed by atoms with Gasteiger partial charge in [0.05, 0.1) is 0 Å². The third-order valence-corrected chi connectivity index (χ3v) is 4.81. The second-order valence-electron chi connectivity index (χ2n) is 6.38. The summed E-state index contributed by atoms with van der Waals surface area (Å²) in [6, 6.07) is 0.405. The average Bonchev–Trinajstić information content (AvgIpc) is 2.72. The highest BCUT2D eigenvalue weighted by atomic mass is 16.4. The summed E-state index contributed by atoms with van der Waals surface area (Å²) < 4.78 is 0. The Kier molecular flexibility index (Phi) is 5.22. The molecule has 1 aliphatic heterocycles. The number of nitrogens with one attached hydrogen (secondary N) is 1. The Morgan fingerprint density at radius 1 is 1.11 bits per heavy atom. The van der Waals surface area contributed by atoms with Crippen molar-refractivity contribution in [3.8, 4) is 0 Å². The van der Waals surface area contributed by atoms with E-state index >= 15 is 0 Å². The first-order chi connectivity index (χ1) is 9.12. The Bertz CT molecular complexity index is 301. The fraction of sp³-hybridized carbons (Fsp3) is 0.933. The molecule has 4 nitrogen and oxygen atoms in total. The summed E-state index contributed by atoms with van der Waals surface area (Å²) >= 11 is 0. The van der Waals surface area contributed by atoms with Crippen molar-refractivity contribution < 1.29 is 9.90 Å².